The maximum absolute atomic E-state index is 12.1. The Morgan fingerprint density at radius 1 is 1.35 bits per heavy atom. The van der Waals surface area contributed by atoms with Crippen LogP contribution in [0.15, 0.2) is 24.3 Å². The van der Waals surface area contributed by atoms with E-state index in [2.05, 4.69) is 5.32 Å². The van der Waals surface area contributed by atoms with Gasteiger partial charge < -0.3 is 15.3 Å². The van der Waals surface area contributed by atoms with Crippen molar-refractivity contribution in [3.05, 3.63) is 34.9 Å². The number of hydrogen-bond donors (Lipinski definition) is 2. The van der Waals surface area contributed by atoms with Gasteiger partial charge in [-0.3, -0.25) is 0 Å². The highest BCUT2D eigenvalue weighted by molar-refractivity contribution is 6.30. The van der Waals surface area contributed by atoms with Crippen molar-refractivity contribution in [3.63, 3.8) is 0 Å². The van der Waals surface area contributed by atoms with Gasteiger partial charge in [-0.25, -0.2) is 4.79 Å². The number of carbonyl (C=O) groups is 1. The monoisotopic (exact) mass is 296 g/mol. The van der Waals surface area contributed by atoms with Gasteiger partial charge in [0, 0.05) is 18.1 Å². The fourth-order valence-electron chi connectivity index (χ4n) is 2.52. The van der Waals surface area contributed by atoms with Crippen LogP contribution in [0.1, 0.15) is 24.8 Å². The third-order valence-corrected chi connectivity index (χ3v) is 3.95. The predicted molar refractivity (Wildman–Crippen MR) is 80.0 cm³/mol. The molecule has 1 saturated heterocycles. The van der Waals surface area contributed by atoms with Crippen molar-refractivity contribution in [3.8, 4) is 0 Å². The fourth-order valence-corrected chi connectivity index (χ4v) is 2.65. The summed E-state index contributed by atoms with van der Waals surface area (Å²) in [6.45, 7) is 1.37. The third kappa shape index (κ3) is 4.12. The Labute approximate surface area is 124 Å². The lowest BCUT2D eigenvalue weighted by Crippen LogP contribution is -2.50. The topological polar surface area (TPSA) is 52.6 Å². The lowest BCUT2D eigenvalue weighted by molar-refractivity contribution is 0.108. The maximum Gasteiger partial charge on any atom is 0.317 e. The molecule has 1 heterocycles. The second-order valence-corrected chi connectivity index (χ2v) is 5.57. The molecule has 110 valence electrons. The standard InChI is InChI=1S/C15H21ClN2O2/c16-13-6-4-12(5-7-13)8-9-17-15(20)18-10-2-1-3-14(18)11-19/h4-7,14,19H,1-3,8-11H2,(H,17,20)/t14-/m0/s1. The number of hydrogen-bond acceptors (Lipinski definition) is 2. The molecule has 0 aliphatic carbocycles. The largest absolute Gasteiger partial charge is 0.394 e. The summed E-state index contributed by atoms with van der Waals surface area (Å²) in [7, 11) is 0. The van der Waals surface area contributed by atoms with E-state index < -0.39 is 0 Å². The van der Waals surface area contributed by atoms with Gasteiger partial charge >= 0.3 is 6.03 Å². The van der Waals surface area contributed by atoms with Gasteiger partial charge in [-0.2, -0.15) is 0 Å². The minimum absolute atomic E-state index is 0.0284. The zero-order chi connectivity index (χ0) is 14.4. The first-order valence-corrected chi connectivity index (χ1v) is 7.48. The van der Waals surface area contributed by atoms with E-state index in [9.17, 15) is 9.90 Å². The molecule has 0 bridgehead atoms. The lowest BCUT2D eigenvalue weighted by atomic mass is 10.0. The number of nitrogens with zero attached hydrogens (tertiary/aromatic N) is 1. The quantitative estimate of drug-likeness (QED) is 0.896. The first-order chi connectivity index (χ1) is 9.70. The van der Waals surface area contributed by atoms with E-state index in [1.807, 2.05) is 24.3 Å². The molecule has 0 unspecified atom stereocenters. The van der Waals surface area contributed by atoms with Gasteiger partial charge in [0.1, 0.15) is 0 Å². The number of rotatable bonds is 4. The molecule has 1 aromatic carbocycles. The Morgan fingerprint density at radius 2 is 2.10 bits per heavy atom. The number of halogens is 1. The van der Waals surface area contributed by atoms with Crippen molar-refractivity contribution < 1.29 is 9.90 Å². The van der Waals surface area contributed by atoms with Gasteiger partial charge in [-0.05, 0) is 43.4 Å². The van der Waals surface area contributed by atoms with Crippen LogP contribution in [-0.4, -0.2) is 41.8 Å². The molecule has 1 fully saturated rings. The summed E-state index contributed by atoms with van der Waals surface area (Å²) in [4.78, 5) is 13.8. The number of aliphatic hydroxyl groups is 1. The average molecular weight is 297 g/mol. The van der Waals surface area contributed by atoms with E-state index in [0.717, 1.165) is 42.8 Å². The SMILES string of the molecule is O=C(NCCc1ccc(Cl)cc1)N1CCCC[C@H]1CO. The minimum Gasteiger partial charge on any atom is -0.394 e. The third-order valence-electron chi connectivity index (χ3n) is 3.70. The van der Waals surface area contributed by atoms with Crippen LogP contribution in [-0.2, 0) is 6.42 Å². The number of aliphatic hydroxyl groups excluding tert-OH is 1. The van der Waals surface area contributed by atoms with Gasteiger partial charge in [0.2, 0.25) is 0 Å². The van der Waals surface area contributed by atoms with Crippen molar-refractivity contribution in [1.82, 2.24) is 10.2 Å². The summed E-state index contributed by atoms with van der Waals surface area (Å²) < 4.78 is 0. The molecule has 0 aromatic heterocycles. The number of urea groups is 1. The zero-order valence-electron chi connectivity index (χ0n) is 11.5. The molecule has 1 aliphatic rings. The molecule has 5 heteroatoms. The molecule has 0 radical (unpaired) electrons. The Bertz CT molecular complexity index is 436. The van der Waals surface area contributed by atoms with Crippen LogP contribution in [0.2, 0.25) is 5.02 Å². The molecule has 2 rings (SSSR count). The lowest BCUT2D eigenvalue weighted by Gasteiger charge is -2.34. The van der Waals surface area contributed by atoms with Crippen LogP contribution in [0.3, 0.4) is 0 Å². The van der Waals surface area contributed by atoms with Gasteiger partial charge in [-0.15, -0.1) is 0 Å². The summed E-state index contributed by atoms with van der Waals surface area (Å²) in [6, 6.07) is 7.53. The molecule has 0 saturated carbocycles. The van der Waals surface area contributed by atoms with E-state index in [-0.39, 0.29) is 18.7 Å². The highest BCUT2D eigenvalue weighted by atomic mass is 35.5. The first-order valence-electron chi connectivity index (χ1n) is 7.10. The van der Waals surface area contributed by atoms with Crippen LogP contribution in [0, 0.1) is 0 Å². The van der Waals surface area contributed by atoms with E-state index >= 15 is 0 Å². The van der Waals surface area contributed by atoms with Crippen molar-refractivity contribution in [2.45, 2.75) is 31.7 Å². The van der Waals surface area contributed by atoms with Crippen LogP contribution in [0.25, 0.3) is 0 Å². The van der Waals surface area contributed by atoms with Crippen LogP contribution in [0.4, 0.5) is 4.79 Å². The normalized spacial score (nSPS) is 18.9. The molecule has 2 amide bonds. The fraction of sp³-hybridized carbons (Fsp3) is 0.533. The second-order valence-electron chi connectivity index (χ2n) is 5.13. The van der Waals surface area contributed by atoms with E-state index in [1.54, 1.807) is 4.90 Å². The molecule has 2 N–H and O–H groups in total. The molecular weight excluding hydrogens is 276 g/mol. The maximum atomic E-state index is 12.1. The number of benzene rings is 1. The van der Waals surface area contributed by atoms with E-state index in [0.29, 0.717) is 6.54 Å². The number of nitrogens with one attached hydrogen (secondary N) is 1. The summed E-state index contributed by atoms with van der Waals surface area (Å²) in [6.07, 6.45) is 3.77. The zero-order valence-corrected chi connectivity index (χ0v) is 12.3. The van der Waals surface area contributed by atoms with Crippen molar-refractivity contribution in [2.24, 2.45) is 0 Å². The Balaban J connectivity index is 1.78. The smallest absolute Gasteiger partial charge is 0.317 e. The summed E-state index contributed by atoms with van der Waals surface area (Å²) in [5, 5.41) is 12.9. The second kappa shape index (κ2) is 7.50. The molecule has 1 atom stereocenters. The predicted octanol–water partition coefficient (Wildman–Crippen LogP) is 2.44. The Morgan fingerprint density at radius 3 is 2.80 bits per heavy atom. The van der Waals surface area contributed by atoms with Crippen LogP contribution >= 0.6 is 11.6 Å². The van der Waals surface area contributed by atoms with E-state index in [1.165, 1.54) is 0 Å². The summed E-state index contributed by atoms with van der Waals surface area (Å²) in [5.74, 6) is 0. The van der Waals surface area contributed by atoms with Gasteiger partial charge in [0.15, 0.2) is 0 Å². The van der Waals surface area contributed by atoms with Gasteiger partial charge in [0.05, 0.1) is 12.6 Å². The first kappa shape index (κ1) is 15.1. The summed E-state index contributed by atoms with van der Waals surface area (Å²) in [5.41, 5.74) is 1.15. The molecule has 0 spiro atoms. The van der Waals surface area contributed by atoms with Gasteiger partial charge in [0.25, 0.3) is 0 Å². The van der Waals surface area contributed by atoms with Gasteiger partial charge in [-0.1, -0.05) is 23.7 Å². The van der Waals surface area contributed by atoms with Crippen molar-refractivity contribution in [2.75, 3.05) is 19.7 Å². The Hall–Kier alpha value is -1.26. The van der Waals surface area contributed by atoms with Crippen LogP contribution in [0.5, 0.6) is 0 Å². The minimum atomic E-state index is -0.0716. The van der Waals surface area contributed by atoms with E-state index in [4.69, 9.17) is 11.6 Å². The molecule has 1 aromatic rings. The molecule has 20 heavy (non-hydrogen) atoms. The summed E-state index contributed by atoms with van der Waals surface area (Å²) >= 11 is 5.83. The molecule has 1 aliphatic heterocycles. The molecule has 4 nitrogen and oxygen atoms in total. The highest BCUT2D eigenvalue weighted by Crippen LogP contribution is 2.16. The average Bonchev–Trinajstić information content (AvgIpc) is 2.49. The Kier molecular flexibility index (Phi) is 5.68. The number of piperidine rings is 1. The number of amides is 2. The number of likely N-dealkylation sites (tertiary alicyclic amines) is 1. The number of carbonyl (C=O) groups excluding carboxylic acids is 1. The van der Waals surface area contributed by atoms with Crippen molar-refractivity contribution >= 4 is 17.6 Å². The molecular formula is C15H21ClN2O2. The van der Waals surface area contributed by atoms with Crippen LogP contribution < -0.4 is 5.32 Å². The van der Waals surface area contributed by atoms with Crippen molar-refractivity contribution in [1.29, 1.82) is 0 Å². The highest BCUT2D eigenvalue weighted by Gasteiger charge is 2.25.